The molecule has 1 atom stereocenters. The molecule has 0 amide bonds. The van der Waals surface area contributed by atoms with Gasteiger partial charge in [-0.15, -0.1) is 10.2 Å². The van der Waals surface area contributed by atoms with Crippen LogP contribution in [0.3, 0.4) is 0 Å². The van der Waals surface area contributed by atoms with Crippen LogP contribution in [-0.4, -0.2) is 30.9 Å². The molecule has 1 aromatic rings. The lowest BCUT2D eigenvalue weighted by Crippen LogP contribution is -2.21. The van der Waals surface area contributed by atoms with Crippen LogP contribution in [0, 0.1) is 0 Å². The summed E-state index contributed by atoms with van der Waals surface area (Å²) in [4.78, 5) is 0. The molecule has 0 aromatic carbocycles. The van der Waals surface area contributed by atoms with Gasteiger partial charge in [-0.2, -0.15) is 0 Å². The van der Waals surface area contributed by atoms with Gasteiger partial charge in [0.15, 0.2) is 9.84 Å². The minimum absolute atomic E-state index is 0.142. The van der Waals surface area contributed by atoms with E-state index in [-0.39, 0.29) is 5.89 Å². The van der Waals surface area contributed by atoms with Gasteiger partial charge >= 0.3 is 0 Å². The third-order valence-corrected chi connectivity index (χ3v) is 3.62. The molecule has 16 heavy (non-hydrogen) atoms. The fraction of sp³-hybridized carbons (Fsp3) is 0.778. The molecular formula is C9H17N3O3S. The van der Waals surface area contributed by atoms with Crippen molar-refractivity contribution in [1.29, 1.82) is 0 Å². The molecule has 0 saturated heterocycles. The maximum Gasteiger partial charge on any atom is 0.234 e. The van der Waals surface area contributed by atoms with Crippen molar-refractivity contribution < 1.29 is 12.8 Å². The third-order valence-electron chi connectivity index (χ3n) is 2.13. The molecule has 0 bridgehead atoms. The first-order chi connectivity index (χ1) is 7.30. The minimum atomic E-state index is -3.19. The summed E-state index contributed by atoms with van der Waals surface area (Å²) in [6.07, 6.45) is 1.15. The minimum Gasteiger partial charge on any atom is -0.422 e. The Hall–Kier alpha value is -0.950. The predicted octanol–water partition coefficient (Wildman–Crippen LogP) is 0.673. The number of hydrogen-bond donors (Lipinski definition) is 1. The van der Waals surface area contributed by atoms with Crippen LogP contribution in [-0.2, 0) is 16.4 Å². The van der Waals surface area contributed by atoms with Crippen molar-refractivity contribution in [3.8, 4) is 0 Å². The molecule has 7 heteroatoms. The maximum atomic E-state index is 11.3. The summed E-state index contributed by atoms with van der Waals surface area (Å²) >= 11 is 0. The second-order valence-corrected chi connectivity index (χ2v) is 6.41. The first-order valence-corrected chi connectivity index (χ1v) is 7.00. The van der Waals surface area contributed by atoms with Crippen molar-refractivity contribution in [2.75, 3.05) is 6.26 Å². The van der Waals surface area contributed by atoms with E-state index in [4.69, 9.17) is 4.42 Å². The second kappa shape index (κ2) is 4.92. The van der Waals surface area contributed by atoms with E-state index in [0.717, 1.165) is 6.26 Å². The SMILES string of the molecule is CC(C)NCc1nnc(C(C)S(C)(=O)=O)o1. The van der Waals surface area contributed by atoms with Gasteiger partial charge in [0, 0.05) is 12.3 Å². The highest BCUT2D eigenvalue weighted by Crippen LogP contribution is 2.19. The van der Waals surface area contributed by atoms with Crippen LogP contribution in [0.1, 0.15) is 37.8 Å². The summed E-state index contributed by atoms with van der Waals surface area (Å²) in [5.74, 6) is 0.544. The molecule has 1 rings (SSSR count). The summed E-state index contributed by atoms with van der Waals surface area (Å²) in [5, 5.41) is 9.85. The summed E-state index contributed by atoms with van der Waals surface area (Å²) < 4.78 is 27.8. The second-order valence-electron chi connectivity index (χ2n) is 4.04. The Kier molecular flexibility index (Phi) is 4.03. The number of rotatable bonds is 5. The number of aromatic nitrogens is 2. The van der Waals surface area contributed by atoms with Crippen LogP contribution in [0.2, 0.25) is 0 Å². The van der Waals surface area contributed by atoms with Crippen molar-refractivity contribution >= 4 is 9.84 Å². The van der Waals surface area contributed by atoms with E-state index in [2.05, 4.69) is 15.5 Å². The summed E-state index contributed by atoms with van der Waals surface area (Å²) in [7, 11) is -3.19. The van der Waals surface area contributed by atoms with Crippen LogP contribution >= 0.6 is 0 Å². The Morgan fingerprint density at radius 3 is 2.44 bits per heavy atom. The molecule has 1 unspecified atom stereocenters. The standard InChI is InChI=1S/C9H17N3O3S/c1-6(2)10-5-8-11-12-9(15-8)7(3)16(4,13)14/h6-7,10H,5H2,1-4H3. The van der Waals surface area contributed by atoms with Crippen molar-refractivity contribution in [2.45, 2.75) is 38.6 Å². The number of sulfone groups is 1. The highest BCUT2D eigenvalue weighted by Gasteiger charge is 2.23. The predicted molar refractivity (Wildman–Crippen MR) is 59.5 cm³/mol. The molecule has 0 aliphatic heterocycles. The lowest BCUT2D eigenvalue weighted by molar-refractivity contribution is 0.419. The first kappa shape index (κ1) is 13.1. The van der Waals surface area contributed by atoms with Gasteiger partial charge in [-0.1, -0.05) is 13.8 Å². The lowest BCUT2D eigenvalue weighted by Gasteiger charge is -2.04. The zero-order valence-corrected chi connectivity index (χ0v) is 10.7. The van der Waals surface area contributed by atoms with Crippen LogP contribution in [0.25, 0.3) is 0 Å². The van der Waals surface area contributed by atoms with Gasteiger partial charge in [0.2, 0.25) is 11.8 Å². The molecule has 6 nitrogen and oxygen atoms in total. The van der Waals surface area contributed by atoms with Crippen LogP contribution in [0.4, 0.5) is 0 Å². The van der Waals surface area contributed by atoms with Crippen LogP contribution < -0.4 is 5.32 Å². The smallest absolute Gasteiger partial charge is 0.234 e. The van der Waals surface area contributed by atoms with E-state index in [1.54, 1.807) is 0 Å². The highest BCUT2D eigenvalue weighted by atomic mass is 32.2. The van der Waals surface area contributed by atoms with Crippen molar-refractivity contribution in [1.82, 2.24) is 15.5 Å². The van der Waals surface area contributed by atoms with Gasteiger partial charge < -0.3 is 9.73 Å². The topological polar surface area (TPSA) is 85.1 Å². The van der Waals surface area contributed by atoms with E-state index in [0.29, 0.717) is 18.5 Å². The Labute approximate surface area is 95.4 Å². The molecular weight excluding hydrogens is 230 g/mol. The lowest BCUT2D eigenvalue weighted by atomic mass is 10.4. The molecule has 0 saturated carbocycles. The molecule has 0 aliphatic rings. The maximum absolute atomic E-state index is 11.3. The van der Waals surface area contributed by atoms with Crippen molar-refractivity contribution in [3.63, 3.8) is 0 Å². The zero-order chi connectivity index (χ0) is 12.3. The molecule has 0 fully saturated rings. The number of nitrogens with one attached hydrogen (secondary N) is 1. The molecule has 1 heterocycles. The fourth-order valence-corrected chi connectivity index (χ4v) is 1.44. The molecule has 0 radical (unpaired) electrons. The molecule has 92 valence electrons. The Bertz CT molecular complexity index is 439. The molecule has 1 aromatic heterocycles. The van der Waals surface area contributed by atoms with E-state index >= 15 is 0 Å². The zero-order valence-electron chi connectivity index (χ0n) is 9.89. The number of nitrogens with zero attached hydrogens (tertiary/aromatic N) is 2. The summed E-state index contributed by atoms with van der Waals surface area (Å²) in [6, 6.07) is 0.308. The van der Waals surface area contributed by atoms with Gasteiger partial charge in [-0.05, 0) is 6.92 Å². The monoisotopic (exact) mass is 247 g/mol. The summed E-state index contributed by atoms with van der Waals surface area (Å²) in [6.45, 7) is 5.97. The van der Waals surface area contributed by atoms with E-state index in [1.807, 2.05) is 13.8 Å². The largest absolute Gasteiger partial charge is 0.422 e. The highest BCUT2D eigenvalue weighted by molar-refractivity contribution is 7.90. The summed E-state index contributed by atoms with van der Waals surface area (Å²) in [5.41, 5.74) is 0. The van der Waals surface area contributed by atoms with Crippen LogP contribution in [0.5, 0.6) is 0 Å². The van der Waals surface area contributed by atoms with Gasteiger partial charge in [0.1, 0.15) is 5.25 Å². The average molecular weight is 247 g/mol. The first-order valence-electron chi connectivity index (χ1n) is 5.05. The van der Waals surface area contributed by atoms with Crippen molar-refractivity contribution in [3.05, 3.63) is 11.8 Å². The Balaban J connectivity index is 2.72. The Morgan fingerprint density at radius 1 is 1.31 bits per heavy atom. The van der Waals surface area contributed by atoms with Gasteiger partial charge in [0.25, 0.3) is 0 Å². The molecule has 0 spiro atoms. The average Bonchev–Trinajstić information content (AvgIpc) is 2.60. The normalized spacial score (nSPS) is 14.3. The van der Waals surface area contributed by atoms with Gasteiger partial charge in [0.05, 0.1) is 6.54 Å². The van der Waals surface area contributed by atoms with E-state index in [9.17, 15) is 8.42 Å². The van der Waals surface area contributed by atoms with Crippen molar-refractivity contribution in [2.24, 2.45) is 0 Å². The van der Waals surface area contributed by atoms with E-state index in [1.165, 1.54) is 6.92 Å². The van der Waals surface area contributed by atoms with Gasteiger partial charge in [-0.25, -0.2) is 8.42 Å². The molecule has 0 aliphatic carbocycles. The Morgan fingerprint density at radius 2 is 1.94 bits per heavy atom. The van der Waals surface area contributed by atoms with Crippen LogP contribution in [0.15, 0.2) is 4.42 Å². The quantitative estimate of drug-likeness (QED) is 0.823. The van der Waals surface area contributed by atoms with E-state index < -0.39 is 15.1 Å². The fourth-order valence-electron chi connectivity index (χ4n) is 0.977. The third kappa shape index (κ3) is 3.57. The molecule has 1 N–H and O–H groups in total. The van der Waals surface area contributed by atoms with Gasteiger partial charge in [-0.3, -0.25) is 0 Å². The number of hydrogen-bond acceptors (Lipinski definition) is 6.